The Morgan fingerprint density at radius 3 is 2.62 bits per heavy atom. The van der Waals surface area contributed by atoms with Crippen molar-refractivity contribution >= 4 is 22.8 Å². The third-order valence-corrected chi connectivity index (χ3v) is 4.95. The molecule has 1 N–H and O–H groups in total. The van der Waals surface area contributed by atoms with E-state index in [2.05, 4.69) is 28.7 Å². The van der Waals surface area contributed by atoms with Gasteiger partial charge in [0.05, 0.1) is 0 Å². The molecule has 0 radical (unpaired) electrons. The summed E-state index contributed by atoms with van der Waals surface area (Å²) in [6.07, 6.45) is 3.74. The van der Waals surface area contributed by atoms with Gasteiger partial charge in [0.2, 0.25) is 0 Å². The molecule has 0 aliphatic heterocycles. The van der Waals surface area contributed by atoms with Gasteiger partial charge in [-0.1, -0.05) is 38.1 Å². The molecule has 2 aromatic heterocycles. The molecule has 146 valence electrons. The van der Waals surface area contributed by atoms with E-state index in [1.165, 1.54) is 5.56 Å². The normalized spacial score (nSPS) is 11.0. The number of rotatable bonds is 6. The van der Waals surface area contributed by atoms with Crippen LogP contribution < -0.4 is 5.32 Å². The van der Waals surface area contributed by atoms with Crippen LogP contribution >= 0.6 is 0 Å². The summed E-state index contributed by atoms with van der Waals surface area (Å²) in [4.78, 5) is 22.1. The lowest BCUT2D eigenvalue weighted by molar-refractivity contribution is 0.102. The van der Waals surface area contributed by atoms with Crippen molar-refractivity contribution in [3.05, 3.63) is 78.0 Å². The lowest BCUT2D eigenvalue weighted by Crippen LogP contribution is -2.12. The van der Waals surface area contributed by atoms with Crippen molar-refractivity contribution in [1.29, 1.82) is 0 Å². The molecule has 2 aromatic carbocycles. The highest BCUT2D eigenvalue weighted by molar-refractivity contribution is 6.05. The van der Waals surface area contributed by atoms with E-state index in [1.54, 1.807) is 6.20 Å². The Hall–Kier alpha value is -3.47. The minimum atomic E-state index is -0.132. The number of fused-ring (bicyclic) bond motifs is 1. The highest BCUT2D eigenvalue weighted by Crippen LogP contribution is 2.25. The Bertz CT molecular complexity index is 1150. The molecule has 0 fully saturated rings. The van der Waals surface area contributed by atoms with Crippen molar-refractivity contribution < 1.29 is 4.79 Å². The maximum Gasteiger partial charge on any atom is 0.255 e. The summed E-state index contributed by atoms with van der Waals surface area (Å²) in [6.45, 7) is 5.07. The number of pyridine rings is 1. The maximum absolute atomic E-state index is 12.8. The fourth-order valence-electron chi connectivity index (χ4n) is 3.44. The molecule has 4 aromatic rings. The first-order valence-corrected chi connectivity index (χ1v) is 10.0. The molecule has 0 saturated heterocycles. The van der Waals surface area contributed by atoms with E-state index >= 15 is 0 Å². The number of aryl methyl sites for hydroxylation is 2. The second kappa shape index (κ2) is 8.27. The van der Waals surface area contributed by atoms with E-state index in [-0.39, 0.29) is 5.91 Å². The highest BCUT2D eigenvalue weighted by atomic mass is 16.1. The van der Waals surface area contributed by atoms with E-state index in [9.17, 15) is 4.79 Å². The van der Waals surface area contributed by atoms with Crippen LogP contribution in [0.15, 0.2) is 66.9 Å². The van der Waals surface area contributed by atoms with Crippen LogP contribution in [-0.2, 0) is 13.0 Å². The molecule has 0 spiro atoms. The van der Waals surface area contributed by atoms with Crippen LogP contribution in [-0.4, -0.2) is 20.4 Å². The predicted octanol–water partition coefficient (Wildman–Crippen LogP) is 5.32. The van der Waals surface area contributed by atoms with Gasteiger partial charge in [0.25, 0.3) is 5.91 Å². The third kappa shape index (κ3) is 3.90. The smallest absolute Gasteiger partial charge is 0.255 e. The number of anilines is 1. The quantitative estimate of drug-likeness (QED) is 0.489. The van der Waals surface area contributed by atoms with Crippen molar-refractivity contribution in [1.82, 2.24) is 14.5 Å². The van der Waals surface area contributed by atoms with Crippen LogP contribution in [0.1, 0.15) is 36.2 Å². The van der Waals surface area contributed by atoms with Crippen LogP contribution in [0.25, 0.3) is 22.6 Å². The number of carbonyl (C=O) groups excluding carboxylic acids is 1. The molecule has 0 aliphatic carbocycles. The Morgan fingerprint density at radius 2 is 1.86 bits per heavy atom. The fraction of sp³-hybridized carbons (Fsp3) is 0.208. The third-order valence-electron chi connectivity index (χ3n) is 4.95. The van der Waals surface area contributed by atoms with Gasteiger partial charge in [0, 0.05) is 29.6 Å². The average Bonchev–Trinajstić information content (AvgIpc) is 3.13. The minimum Gasteiger partial charge on any atom is -0.322 e. The highest BCUT2D eigenvalue weighted by Gasteiger charge is 2.15. The standard InChI is InChI=1S/C24H24N4O/c1-3-15-28-22(27-21-9-6-14-25-23(21)28)18-7-5-8-19(16-18)24(29)26-20-12-10-17(4-2)11-13-20/h5-14,16H,3-4,15H2,1-2H3,(H,26,29). The summed E-state index contributed by atoms with van der Waals surface area (Å²) >= 11 is 0. The first-order valence-electron chi connectivity index (χ1n) is 10.0. The van der Waals surface area contributed by atoms with Gasteiger partial charge < -0.3 is 9.88 Å². The molecule has 0 atom stereocenters. The molecule has 5 heteroatoms. The van der Waals surface area contributed by atoms with Crippen LogP contribution in [0.3, 0.4) is 0 Å². The van der Waals surface area contributed by atoms with Crippen LogP contribution in [0.2, 0.25) is 0 Å². The summed E-state index contributed by atoms with van der Waals surface area (Å²) in [5.74, 6) is 0.704. The number of carbonyl (C=O) groups is 1. The zero-order valence-corrected chi connectivity index (χ0v) is 16.7. The van der Waals surface area contributed by atoms with Gasteiger partial charge in [-0.3, -0.25) is 4.79 Å². The number of benzene rings is 2. The Balaban J connectivity index is 1.65. The van der Waals surface area contributed by atoms with Gasteiger partial charge in [-0.2, -0.15) is 0 Å². The van der Waals surface area contributed by atoms with Crippen molar-refractivity contribution in [2.24, 2.45) is 0 Å². The van der Waals surface area contributed by atoms with Gasteiger partial charge in [0.15, 0.2) is 5.65 Å². The minimum absolute atomic E-state index is 0.132. The van der Waals surface area contributed by atoms with E-state index < -0.39 is 0 Å². The summed E-state index contributed by atoms with van der Waals surface area (Å²) < 4.78 is 2.12. The van der Waals surface area contributed by atoms with Crippen LogP contribution in [0.4, 0.5) is 5.69 Å². The molecular formula is C24H24N4O. The Labute approximate surface area is 170 Å². The lowest BCUT2D eigenvalue weighted by Gasteiger charge is -2.09. The monoisotopic (exact) mass is 384 g/mol. The molecule has 2 heterocycles. The van der Waals surface area contributed by atoms with Gasteiger partial charge in [-0.05, 0) is 54.8 Å². The SMILES string of the molecule is CCCn1c(-c2cccc(C(=O)Nc3ccc(CC)cc3)c2)nc2cccnc21. The van der Waals surface area contributed by atoms with E-state index in [0.717, 1.165) is 47.6 Å². The van der Waals surface area contributed by atoms with Crippen molar-refractivity contribution in [2.75, 3.05) is 5.32 Å². The first-order chi connectivity index (χ1) is 14.2. The summed E-state index contributed by atoms with van der Waals surface area (Å²) in [6, 6.07) is 19.4. The molecule has 0 saturated carbocycles. The van der Waals surface area contributed by atoms with E-state index in [1.807, 2.05) is 60.7 Å². The molecular weight excluding hydrogens is 360 g/mol. The van der Waals surface area contributed by atoms with E-state index in [0.29, 0.717) is 5.56 Å². The number of imidazole rings is 1. The summed E-state index contributed by atoms with van der Waals surface area (Å²) in [5.41, 5.74) is 5.28. The maximum atomic E-state index is 12.8. The molecule has 0 unspecified atom stereocenters. The van der Waals surface area contributed by atoms with Gasteiger partial charge in [-0.15, -0.1) is 0 Å². The largest absolute Gasteiger partial charge is 0.322 e. The molecule has 1 amide bonds. The number of amides is 1. The Morgan fingerprint density at radius 1 is 1.03 bits per heavy atom. The second-order valence-corrected chi connectivity index (χ2v) is 7.02. The summed E-state index contributed by atoms with van der Waals surface area (Å²) in [7, 11) is 0. The number of hydrogen-bond donors (Lipinski definition) is 1. The molecule has 29 heavy (non-hydrogen) atoms. The van der Waals surface area contributed by atoms with Gasteiger partial charge in [-0.25, -0.2) is 9.97 Å². The Kier molecular flexibility index (Phi) is 5.38. The number of aromatic nitrogens is 3. The van der Waals surface area contributed by atoms with Crippen molar-refractivity contribution in [3.8, 4) is 11.4 Å². The lowest BCUT2D eigenvalue weighted by atomic mass is 10.1. The molecule has 5 nitrogen and oxygen atoms in total. The zero-order chi connectivity index (χ0) is 20.2. The number of hydrogen-bond acceptors (Lipinski definition) is 3. The van der Waals surface area contributed by atoms with Crippen molar-refractivity contribution in [3.63, 3.8) is 0 Å². The van der Waals surface area contributed by atoms with E-state index in [4.69, 9.17) is 4.98 Å². The molecule has 4 rings (SSSR count). The van der Waals surface area contributed by atoms with Crippen LogP contribution in [0, 0.1) is 0 Å². The van der Waals surface area contributed by atoms with Crippen molar-refractivity contribution in [2.45, 2.75) is 33.2 Å². The molecule has 0 bridgehead atoms. The number of nitrogens with one attached hydrogen (secondary N) is 1. The second-order valence-electron chi connectivity index (χ2n) is 7.02. The van der Waals surface area contributed by atoms with Crippen LogP contribution in [0.5, 0.6) is 0 Å². The fourth-order valence-corrected chi connectivity index (χ4v) is 3.44. The average molecular weight is 384 g/mol. The zero-order valence-electron chi connectivity index (χ0n) is 16.7. The topological polar surface area (TPSA) is 59.8 Å². The summed E-state index contributed by atoms with van der Waals surface area (Å²) in [5, 5.41) is 2.98. The van der Waals surface area contributed by atoms with Gasteiger partial charge >= 0.3 is 0 Å². The van der Waals surface area contributed by atoms with Gasteiger partial charge in [0.1, 0.15) is 11.3 Å². The molecule has 0 aliphatic rings. The number of nitrogens with zero attached hydrogens (tertiary/aromatic N) is 3. The predicted molar refractivity (Wildman–Crippen MR) is 117 cm³/mol. The first kappa shape index (κ1) is 18.9.